The second-order valence-electron chi connectivity index (χ2n) is 4.33. The van der Waals surface area contributed by atoms with Crippen LogP contribution in [0.4, 0.5) is 4.79 Å². The minimum absolute atomic E-state index is 0.0305. The molecule has 0 radical (unpaired) electrons. The molecule has 1 fully saturated rings. The molecule has 1 rings (SSSR count). The molecular weight excluding hydrogens is 236 g/mol. The van der Waals surface area contributed by atoms with E-state index >= 15 is 0 Å². The number of hydrogen-bond donors (Lipinski definition) is 2. The highest BCUT2D eigenvalue weighted by Crippen LogP contribution is 2.22. The van der Waals surface area contributed by atoms with Crippen molar-refractivity contribution in [2.45, 2.75) is 32.5 Å². The average Bonchev–Trinajstić information content (AvgIpc) is 1.96. The van der Waals surface area contributed by atoms with E-state index in [0.29, 0.717) is 0 Å². The Labute approximate surface area is 94.6 Å². The summed E-state index contributed by atoms with van der Waals surface area (Å²) in [5.74, 6) is 0. The van der Waals surface area contributed by atoms with Gasteiger partial charge in [-0.3, -0.25) is 0 Å². The molecule has 2 N–H and O–H groups in total. The predicted molar refractivity (Wildman–Crippen MR) is 55.9 cm³/mol. The minimum Gasteiger partial charge on any atom is -0.446 e. The Kier molecular flexibility index (Phi) is 3.46. The van der Waals surface area contributed by atoms with E-state index in [1.54, 1.807) is 18.6 Å². The topological polar surface area (TPSA) is 95.9 Å². The fourth-order valence-electron chi connectivity index (χ4n) is 1.29. The highest BCUT2D eigenvalue weighted by atomic mass is 32.2. The zero-order chi connectivity index (χ0) is 12.6. The normalized spacial score (nSPS) is 20.3. The van der Waals surface area contributed by atoms with Gasteiger partial charge in [-0.2, -0.15) is 12.7 Å². The van der Waals surface area contributed by atoms with E-state index in [0.717, 1.165) is 4.31 Å². The van der Waals surface area contributed by atoms with Crippen LogP contribution in [0.3, 0.4) is 0 Å². The number of nitrogens with zero attached hydrogens (tertiary/aromatic N) is 1. The first-order valence-corrected chi connectivity index (χ1v) is 6.27. The van der Waals surface area contributed by atoms with E-state index in [2.05, 4.69) is 4.74 Å². The van der Waals surface area contributed by atoms with Gasteiger partial charge < -0.3 is 9.84 Å². The largest absolute Gasteiger partial charge is 0.446 e. The summed E-state index contributed by atoms with van der Waals surface area (Å²) in [7, 11) is -3.89. The van der Waals surface area contributed by atoms with Gasteiger partial charge in [-0.05, 0) is 20.8 Å². The number of rotatable bonds is 3. The molecule has 1 amide bonds. The van der Waals surface area contributed by atoms with E-state index < -0.39 is 28.0 Å². The molecule has 0 aromatic carbocycles. The molecule has 1 saturated heterocycles. The fraction of sp³-hybridized carbons (Fsp3) is 0.875. The van der Waals surface area contributed by atoms with Gasteiger partial charge in [0, 0.05) is 13.1 Å². The van der Waals surface area contributed by atoms with Crippen molar-refractivity contribution in [3.8, 4) is 0 Å². The number of hydrogen-bond acceptors (Lipinski definition) is 5. The lowest BCUT2D eigenvalue weighted by Gasteiger charge is -2.42. The third-order valence-electron chi connectivity index (χ3n) is 1.93. The molecule has 0 spiro atoms. The van der Waals surface area contributed by atoms with Crippen LogP contribution in [0.5, 0.6) is 0 Å². The van der Waals surface area contributed by atoms with E-state index in [1.165, 1.54) is 6.92 Å². The third-order valence-corrected chi connectivity index (χ3v) is 3.29. The van der Waals surface area contributed by atoms with Crippen molar-refractivity contribution in [2.75, 3.05) is 13.1 Å². The molecule has 8 heteroatoms. The van der Waals surface area contributed by atoms with Crippen molar-refractivity contribution in [3.05, 3.63) is 0 Å². The summed E-state index contributed by atoms with van der Waals surface area (Å²) in [6.45, 7) is 4.68. The lowest BCUT2D eigenvalue weighted by Crippen LogP contribution is -2.64. The second kappa shape index (κ2) is 4.19. The Bertz CT molecular complexity index is 368. The Morgan fingerprint density at radius 3 is 2.38 bits per heavy atom. The summed E-state index contributed by atoms with van der Waals surface area (Å²) in [6.07, 6.45) is -1.41. The van der Waals surface area contributed by atoms with Gasteiger partial charge in [0.1, 0.15) is 0 Å². The lowest BCUT2D eigenvalue weighted by atomic mass is 10.0. The Balaban J connectivity index is 2.51. The van der Waals surface area contributed by atoms with Crippen molar-refractivity contribution in [3.63, 3.8) is 0 Å². The standard InChI is InChI=1S/C8H16N2O5S/c1-6(2)15-7(11)9-16(13,14)10-4-8(3,12)5-10/h6,12H,4-5H2,1-3H3,(H,9,11). The third kappa shape index (κ3) is 3.32. The first kappa shape index (κ1) is 13.2. The fourth-order valence-corrected chi connectivity index (χ4v) is 2.58. The van der Waals surface area contributed by atoms with Gasteiger partial charge >= 0.3 is 16.3 Å². The monoisotopic (exact) mass is 252 g/mol. The first-order chi connectivity index (χ1) is 7.12. The SMILES string of the molecule is CC(C)OC(=O)NS(=O)(=O)N1CC(C)(O)C1. The van der Waals surface area contributed by atoms with Crippen LogP contribution in [0.25, 0.3) is 0 Å². The van der Waals surface area contributed by atoms with Crippen molar-refractivity contribution in [1.82, 2.24) is 9.03 Å². The minimum atomic E-state index is -3.89. The van der Waals surface area contributed by atoms with E-state index in [4.69, 9.17) is 0 Å². The molecule has 0 atom stereocenters. The van der Waals surface area contributed by atoms with Gasteiger partial charge in [0.25, 0.3) is 0 Å². The molecule has 0 saturated carbocycles. The Hall–Kier alpha value is -0.860. The number of carbonyl (C=O) groups is 1. The van der Waals surface area contributed by atoms with Crippen LogP contribution in [0.15, 0.2) is 0 Å². The lowest BCUT2D eigenvalue weighted by molar-refractivity contribution is -0.0432. The maximum Gasteiger partial charge on any atom is 0.422 e. The maximum absolute atomic E-state index is 11.5. The summed E-state index contributed by atoms with van der Waals surface area (Å²) in [4.78, 5) is 11.1. The van der Waals surface area contributed by atoms with Crippen LogP contribution >= 0.6 is 0 Å². The van der Waals surface area contributed by atoms with Gasteiger partial charge in [0.2, 0.25) is 0 Å². The van der Waals surface area contributed by atoms with E-state index in [1.807, 2.05) is 0 Å². The number of nitrogens with one attached hydrogen (secondary N) is 1. The molecule has 0 aliphatic carbocycles. The van der Waals surface area contributed by atoms with Crippen LogP contribution in [0, 0.1) is 0 Å². The predicted octanol–water partition coefficient (Wildman–Crippen LogP) is -0.568. The quantitative estimate of drug-likeness (QED) is 0.701. The molecule has 1 aliphatic rings. The molecule has 1 heterocycles. The second-order valence-corrected chi connectivity index (χ2v) is 6.00. The summed E-state index contributed by atoms with van der Waals surface area (Å²) in [5, 5.41) is 9.38. The number of amides is 1. The van der Waals surface area contributed by atoms with Crippen molar-refractivity contribution >= 4 is 16.3 Å². The van der Waals surface area contributed by atoms with Crippen molar-refractivity contribution < 1.29 is 23.1 Å². The number of carbonyl (C=O) groups excluding carboxylic acids is 1. The highest BCUT2D eigenvalue weighted by molar-refractivity contribution is 7.87. The number of ether oxygens (including phenoxy) is 1. The molecule has 7 nitrogen and oxygen atoms in total. The summed E-state index contributed by atoms with van der Waals surface area (Å²) < 4.78 is 30.3. The molecule has 94 valence electrons. The van der Waals surface area contributed by atoms with Gasteiger partial charge in [-0.1, -0.05) is 0 Å². The van der Waals surface area contributed by atoms with Crippen LogP contribution in [-0.4, -0.2) is 48.7 Å². The smallest absolute Gasteiger partial charge is 0.422 e. The average molecular weight is 252 g/mol. The van der Waals surface area contributed by atoms with Crippen LogP contribution < -0.4 is 4.72 Å². The van der Waals surface area contributed by atoms with Gasteiger partial charge in [-0.15, -0.1) is 0 Å². The Morgan fingerprint density at radius 1 is 1.50 bits per heavy atom. The molecule has 0 unspecified atom stereocenters. The molecule has 0 aromatic heterocycles. The number of aliphatic hydroxyl groups is 1. The summed E-state index contributed by atoms with van der Waals surface area (Å²) >= 11 is 0. The van der Waals surface area contributed by atoms with Crippen molar-refractivity contribution in [2.24, 2.45) is 0 Å². The van der Waals surface area contributed by atoms with Gasteiger partial charge in [-0.25, -0.2) is 9.52 Å². The molecule has 16 heavy (non-hydrogen) atoms. The van der Waals surface area contributed by atoms with E-state index in [-0.39, 0.29) is 13.1 Å². The molecular formula is C8H16N2O5S. The van der Waals surface area contributed by atoms with Crippen LogP contribution in [0.1, 0.15) is 20.8 Å². The number of β-amino-alcohol motifs (C(OH)–C–C–N with tert-alkyl or cyclic N) is 1. The van der Waals surface area contributed by atoms with Crippen molar-refractivity contribution in [1.29, 1.82) is 0 Å². The van der Waals surface area contributed by atoms with Crippen LogP contribution in [0.2, 0.25) is 0 Å². The van der Waals surface area contributed by atoms with Gasteiger partial charge in [0.05, 0.1) is 11.7 Å². The highest BCUT2D eigenvalue weighted by Gasteiger charge is 2.44. The molecule has 0 bridgehead atoms. The molecule has 1 aliphatic heterocycles. The van der Waals surface area contributed by atoms with E-state index in [9.17, 15) is 18.3 Å². The summed E-state index contributed by atoms with van der Waals surface area (Å²) in [6, 6.07) is 0. The summed E-state index contributed by atoms with van der Waals surface area (Å²) in [5.41, 5.74) is -1.02. The zero-order valence-corrected chi connectivity index (χ0v) is 10.2. The van der Waals surface area contributed by atoms with Gasteiger partial charge in [0.15, 0.2) is 0 Å². The first-order valence-electron chi connectivity index (χ1n) is 4.83. The molecule has 0 aromatic rings. The zero-order valence-electron chi connectivity index (χ0n) is 9.43. The Morgan fingerprint density at radius 2 is 2.00 bits per heavy atom. The van der Waals surface area contributed by atoms with Crippen LogP contribution in [-0.2, 0) is 14.9 Å². The maximum atomic E-state index is 11.5.